The Bertz CT molecular complexity index is 1080. The van der Waals surface area contributed by atoms with Gasteiger partial charge in [-0.3, -0.25) is 15.3 Å². The van der Waals surface area contributed by atoms with Crippen molar-refractivity contribution in [2.45, 2.75) is 58.2 Å². The monoisotopic (exact) mass is 474 g/mol. The smallest absolute Gasteiger partial charge is 0.432 e. The molecule has 0 bridgehead atoms. The second-order valence-electron chi connectivity index (χ2n) is 8.46. The fourth-order valence-electron chi connectivity index (χ4n) is 3.84. The van der Waals surface area contributed by atoms with E-state index in [1.54, 1.807) is 13.0 Å². The number of rotatable bonds is 10. The van der Waals surface area contributed by atoms with Crippen LogP contribution in [0.2, 0.25) is 0 Å². The number of alkyl halides is 3. The largest absolute Gasteiger partial charge is 0.488 e. The van der Waals surface area contributed by atoms with Crippen LogP contribution in [0.15, 0.2) is 42.2 Å². The van der Waals surface area contributed by atoms with Gasteiger partial charge in [-0.25, -0.2) is 0 Å². The number of nitrogens with zero attached hydrogens (tertiary/aromatic N) is 1. The van der Waals surface area contributed by atoms with Crippen LogP contribution in [0.4, 0.5) is 13.2 Å². The van der Waals surface area contributed by atoms with Gasteiger partial charge in [0.05, 0.1) is 11.7 Å². The Hall–Kier alpha value is -3.36. The lowest BCUT2D eigenvalue weighted by molar-refractivity contribution is -0.125. The van der Waals surface area contributed by atoms with Gasteiger partial charge in [0.2, 0.25) is 0 Å². The van der Waals surface area contributed by atoms with Gasteiger partial charge in [-0.1, -0.05) is 36.4 Å². The molecule has 1 aliphatic rings. The highest BCUT2D eigenvalue weighted by molar-refractivity contribution is 5.97. The first-order chi connectivity index (χ1) is 16.1. The summed E-state index contributed by atoms with van der Waals surface area (Å²) in [6.07, 6.45) is 1.63. The van der Waals surface area contributed by atoms with Gasteiger partial charge in [0.1, 0.15) is 11.5 Å². The van der Waals surface area contributed by atoms with E-state index in [4.69, 9.17) is 10.1 Å². The average Bonchev–Trinajstić information content (AvgIpc) is 3.55. The van der Waals surface area contributed by atoms with Gasteiger partial charge in [-0.05, 0) is 50.7 Å². The molecule has 182 valence electrons. The molecule has 1 atom stereocenters. The van der Waals surface area contributed by atoms with Crippen molar-refractivity contribution < 1.29 is 22.7 Å². The van der Waals surface area contributed by atoms with Gasteiger partial charge in [0.25, 0.3) is 5.91 Å². The second-order valence-corrected chi connectivity index (χ2v) is 8.46. The summed E-state index contributed by atoms with van der Waals surface area (Å²) in [5.74, 6) is -0.0698. The lowest BCUT2D eigenvalue weighted by atomic mass is 10.0. The number of allylic oxidation sites excluding steroid dienone is 2. The van der Waals surface area contributed by atoms with Gasteiger partial charge >= 0.3 is 6.18 Å². The summed E-state index contributed by atoms with van der Waals surface area (Å²) in [4.78, 5) is 12.4. The number of ether oxygens (including phenoxy) is 1. The number of halogens is 3. The van der Waals surface area contributed by atoms with Crippen molar-refractivity contribution in [1.82, 2.24) is 15.5 Å². The van der Waals surface area contributed by atoms with Gasteiger partial charge in [-0.2, -0.15) is 18.3 Å². The highest BCUT2D eigenvalue weighted by Crippen LogP contribution is 2.41. The van der Waals surface area contributed by atoms with Crippen molar-refractivity contribution >= 4 is 17.7 Å². The highest BCUT2D eigenvalue weighted by Gasteiger charge is 2.33. The molecule has 1 unspecified atom stereocenters. The number of nitrogens with one attached hydrogen (secondary N) is 3. The predicted molar refractivity (Wildman–Crippen MR) is 125 cm³/mol. The quantitative estimate of drug-likeness (QED) is 0.306. The molecular formula is C25H29F3N4O2. The molecule has 1 aromatic carbocycles. The Balaban J connectivity index is 1.65. The molecule has 0 spiro atoms. The van der Waals surface area contributed by atoms with Crippen molar-refractivity contribution in [1.29, 1.82) is 5.41 Å². The molecule has 0 saturated heterocycles. The molecule has 3 N–H and O–H groups in total. The fraction of sp³-hybridized carbons (Fsp3) is 0.400. The summed E-state index contributed by atoms with van der Waals surface area (Å²) in [5.41, 5.74) is 3.11. The molecule has 0 aliphatic heterocycles. The van der Waals surface area contributed by atoms with Crippen LogP contribution in [0, 0.1) is 19.3 Å². The van der Waals surface area contributed by atoms with E-state index in [9.17, 15) is 18.0 Å². The van der Waals surface area contributed by atoms with Crippen molar-refractivity contribution in [3.8, 4) is 0 Å². The van der Waals surface area contributed by atoms with Crippen LogP contribution in [0.1, 0.15) is 66.2 Å². The summed E-state index contributed by atoms with van der Waals surface area (Å²) in [6.45, 7) is 4.98. The predicted octanol–water partition coefficient (Wildman–Crippen LogP) is 5.67. The molecular weight excluding hydrogens is 445 g/mol. The molecule has 1 saturated carbocycles. The van der Waals surface area contributed by atoms with Crippen molar-refractivity contribution in [3.63, 3.8) is 0 Å². The maximum absolute atomic E-state index is 12.9. The van der Waals surface area contributed by atoms with Crippen LogP contribution in [0.3, 0.4) is 0 Å². The van der Waals surface area contributed by atoms with Gasteiger partial charge < -0.3 is 10.1 Å². The number of H-pyrrole nitrogens is 1. The molecule has 1 amide bonds. The van der Waals surface area contributed by atoms with E-state index in [1.165, 1.54) is 5.56 Å². The topological polar surface area (TPSA) is 90.9 Å². The van der Waals surface area contributed by atoms with Crippen LogP contribution in [-0.2, 0) is 9.53 Å². The summed E-state index contributed by atoms with van der Waals surface area (Å²) in [6, 6.07) is 7.54. The third kappa shape index (κ3) is 6.82. The average molecular weight is 475 g/mol. The highest BCUT2D eigenvalue weighted by atomic mass is 19.4. The first-order valence-corrected chi connectivity index (χ1v) is 11.1. The van der Waals surface area contributed by atoms with Crippen molar-refractivity contribution in [2.24, 2.45) is 0 Å². The Kier molecular flexibility index (Phi) is 7.96. The maximum atomic E-state index is 12.9. The van der Waals surface area contributed by atoms with E-state index >= 15 is 0 Å². The summed E-state index contributed by atoms with van der Waals surface area (Å²) in [7, 11) is 0. The molecule has 9 heteroatoms. The number of hydrogen-bond acceptors (Lipinski definition) is 4. The normalized spacial score (nSPS) is 15.4. The van der Waals surface area contributed by atoms with Crippen LogP contribution in [0.25, 0.3) is 6.08 Å². The Labute approximate surface area is 196 Å². The lowest BCUT2D eigenvalue weighted by Gasteiger charge is -2.16. The van der Waals surface area contributed by atoms with Gasteiger partial charge in [-0.15, -0.1) is 0 Å². The van der Waals surface area contributed by atoms with E-state index in [2.05, 4.69) is 21.6 Å². The standard InChI is InChI=1S/C25H29F3N4O2/c1-15(24-16(2)31-32-17(24)3)30-23(33)14-34-20(13-22(29)25(26,27)28)9-6-8-18-7-4-5-10-21(18)19-11-12-19/h4-8,10,13,15,19,29H,9,11-12,14H2,1-3H3,(H,30,33)(H,31,32)/b8-6+,20-13+,29-22?. The van der Waals surface area contributed by atoms with Gasteiger partial charge in [0, 0.05) is 23.8 Å². The third-order valence-corrected chi connectivity index (χ3v) is 5.62. The molecule has 1 aliphatic carbocycles. The maximum Gasteiger partial charge on any atom is 0.432 e. The van der Waals surface area contributed by atoms with E-state index in [1.807, 2.05) is 38.1 Å². The minimum Gasteiger partial charge on any atom is -0.488 e. The summed E-state index contributed by atoms with van der Waals surface area (Å²) >= 11 is 0. The number of carbonyl (C=O) groups is 1. The molecule has 6 nitrogen and oxygen atoms in total. The van der Waals surface area contributed by atoms with Crippen molar-refractivity contribution in [2.75, 3.05) is 6.61 Å². The van der Waals surface area contributed by atoms with E-state index in [0.29, 0.717) is 12.0 Å². The zero-order valence-corrected chi connectivity index (χ0v) is 19.4. The minimum absolute atomic E-state index is 0.0141. The minimum atomic E-state index is -4.80. The van der Waals surface area contributed by atoms with E-state index < -0.39 is 24.4 Å². The van der Waals surface area contributed by atoms with Crippen LogP contribution in [0.5, 0.6) is 0 Å². The third-order valence-electron chi connectivity index (χ3n) is 5.62. The lowest BCUT2D eigenvalue weighted by Crippen LogP contribution is -2.30. The number of aryl methyl sites for hydroxylation is 2. The molecule has 0 radical (unpaired) electrons. The van der Waals surface area contributed by atoms with Crippen LogP contribution >= 0.6 is 0 Å². The van der Waals surface area contributed by atoms with E-state index in [-0.39, 0.29) is 18.2 Å². The fourth-order valence-corrected chi connectivity index (χ4v) is 3.84. The SMILES string of the molecule is Cc1n[nH]c(C)c1C(C)NC(=O)CO/C(=C/C(=N)C(F)(F)F)C/C=C/c1ccccc1C1CC1. The molecule has 1 fully saturated rings. The number of aromatic amines is 1. The number of hydrogen-bond donors (Lipinski definition) is 3. The number of aromatic nitrogens is 2. The Morgan fingerprint density at radius 2 is 2.03 bits per heavy atom. The molecule has 1 aromatic heterocycles. The Morgan fingerprint density at radius 1 is 1.32 bits per heavy atom. The number of carbonyl (C=O) groups excluding carboxylic acids is 1. The summed E-state index contributed by atoms with van der Waals surface area (Å²) < 4.78 is 44.2. The van der Waals surface area contributed by atoms with E-state index in [0.717, 1.165) is 35.4 Å². The second kappa shape index (κ2) is 10.7. The number of amides is 1. The molecule has 34 heavy (non-hydrogen) atoms. The Morgan fingerprint density at radius 3 is 2.65 bits per heavy atom. The first kappa shape index (κ1) is 25.3. The summed E-state index contributed by atoms with van der Waals surface area (Å²) in [5, 5.41) is 17.0. The first-order valence-electron chi connectivity index (χ1n) is 11.1. The molecule has 1 heterocycles. The van der Waals surface area contributed by atoms with Gasteiger partial charge in [0.15, 0.2) is 6.61 Å². The molecule has 3 rings (SSSR count). The number of benzene rings is 1. The zero-order chi connectivity index (χ0) is 24.9. The molecule has 2 aromatic rings. The zero-order valence-electron chi connectivity index (χ0n) is 19.4. The van der Waals surface area contributed by atoms with Crippen LogP contribution < -0.4 is 5.32 Å². The van der Waals surface area contributed by atoms with Crippen LogP contribution in [-0.4, -0.2) is 34.6 Å². The van der Waals surface area contributed by atoms with Crippen molar-refractivity contribution in [3.05, 3.63) is 70.3 Å².